The van der Waals surface area contributed by atoms with Crippen molar-refractivity contribution >= 4 is 22.2 Å². The number of anilines is 1. The SMILES string of the molecule is CCc1cc([C@@H](c2ccncc2)N2CCOCC2)c(NC(=O)c2ccco2)s1. The molecule has 0 unspecified atom stereocenters. The number of morpholine rings is 1. The molecule has 1 aliphatic heterocycles. The molecule has 0 aromatic carbocycles. The smallest absolute Gasteiger partial charge is 0.291 e. The molecule has 3 aromatic heterocycles. The zero-order chi connectivity index (χ0) is 19.3. The third-order valence-corrected chi connectivity index (χ3v) is 6.07. The summed E-state index contributed by atoms with van der Waals surface area (Å²) in [5.41, 5.74) is 2.26. The number of pyridine rings is 1. The van der Waals surface area contributed by atoms with E-state index in [-0.39, 0.29) is 11.9 Å². The molecule has 1 saturated heterocycles. The van der Waals surface area contributed by atoms with Gasteiger partial charge in [0.25, 0.3) is 5.91 Å². The number of carbonyl (C=O) groups excluding carboxylic acids is 1. The zero-order valence-electron chi connectivity index (χ0n) is 15.8. The van der Waals surface area contributed by atoms with E-state index in [9.17, 15) is 4.79 Å². The molecule has 3 aromatic rings. The fourth-order valence-corrected chi connectivity index (χ4v) is 4.50. The number of hydrogen-bond acceptors (Lipinski definition) is 6. The lowest BCUT2D eigenvalue weighted by molar-refractivity contribution is 0.0241. The summed E-state index contributed by atoms with van der Waals surface area (Å²) in [5.74, 6) is 0.0791. The van der Waals surface area contributed by atoms with Gasteiger partial charge in [0.1, 0.15) is 5.00 Å². The summed E-state index contributed by atoms with van der Waals surface area (Å²) in [5, 5.41) is 3.94. The highest BCUT2D eigenvalue weighted by molar-refractivity contribution is 7.16. The minimum Gasteiger partial charge on any atom is -0.459 e. The van der Waals surface area contributed by atoms with Crippen LogP contribution < -0.4 is 5.32 Å². The fraction of sp³-hybridized carbons (Fsp3) is 0.333. The van der Waals surface area contributed by atoms with Crippen LogP contribution in [0.1, 0.15) is 39.5 Å². The van der Waals surface area contributed by atoms with Gasteiger partial charge in [-0.1, -0.05) is 6.92 Å². The summed E-state index contributed by atoms with van der Waals surface area (Å²) >= 11 is 1.62. The van der Waals surface area contributed by atoms with Crippen molar-refractivity contribution in [2.24, 2.45) is 0 Å². The first kappa shape index (κ1) is 18.9. The molecule has 6 nitrogen and oxygen atoms in total. The van der Waals surface area contributed by atoms with Crippen LogP contribution in [-0.4, -0.2) is 42.1 Å². The molecule has 0 bridgehead atoms. The number of aryl methyl sites for hydroxylation is 1. The third kappa shape index (κ3) is 4.01. The maximum Gasteiger partial charge on any atom is 0.291 e. The molecule has 1 N–H and O–H groups in total. The summed E-state index contributed by atoms with van der Waals surface area (Å²) in [6.45, 7) is 5.23. The topological polar surface area (TPSA) is 67.6 Å². The number of hydrogen-bond donors (Lipinski definition) is 1. The first-order valence-electron chi connectivity index (χ1n) is 9.45. The van der Waals surface area contributed by atoms with Crippen LogP contribution in [0.2, 0.25) is 0 Å². The number of carbonyl (C=O) groups is 1. The Labute approximate surface area is 168 Å². The Bertz CT molecular complexity index is 902. The summed E-state index contributed by atoms with van der Waals surface area (Å²) in [7, 11) is 0. The molecule has 4 heterocycles. The van der Waals surface area contributed by atoms with E-state index < -0.39 is 0 Å². The molecular weight excluding hydrogens is 374 g/mol. The maximum atomic E-state index is 12.6. The van der Waals surface area contributed by atoms with Crippen molar-refractivity contribution in [1.29, 1.82) is 0 Å². The molecule has 0 spiro atoms. The van der Waals surface area contributed by atoms with Crippen molar-refractivity contribution in [2.45, 2.75) is 19.4 Å². The van der Waals surface area contributed by atoms with E-state index in [0.29, 0.717) is 19.0 Å². The highest BCUT2D eigenvalue weighted by atomic mass is 32.1. The van der Waals surface area contributed by atoms with Gasteiger partial charge >= 0.3 is 0 Å². The molecule has 1 amide bonds. The van der Waals surface area contributed by atoms with Gasteiger partial charge in [-0.15, -0.1) is 11.3 Å². The van der Waals surface area contributed by atoms with E-state index in [2.05, 4.69) is 28.2 Å². The van der Waals surface area contributed by atoms with Gasteiger partial charge in [0, 0.05) is 35.9 Å². The second-order valence-corrected chi connectivity index (χ2v) is 7.75. The van der Waals surface area contributed by atoms with Gasteiger partial charge in [0.05, 0.1) is 25.5 Å². The first-order chi connectivity index (χ1) is 13.8. The lowest BCUT2D eigenvalue weighted by atomic mass is 9.98. The van der Waals surface area contributed by atoms with E-state index >= 15 is 0 Å². The summed E-state index contributed by atoms with van der Waals surface area (Å²) in [4.78, 5) is 20.4. The van der Waals surface area contributed by atoms with Crippen LogP contribution in [0.25, 0.3) is 0 Å². The summed E-state index contributed by atoms with van der Waals surface area (Å²) < 4.78 is 10.8. The predicted molar refractivity (Wildman–Crippen MR) is 109 cm³/mol. The monoisotopic (exact) mass is 397 g/mol. The van der Waals surface area contributed by atoms with Crippen LogP contribution in [0.15, 0.2) is 53.4 Å². The molecule has 1 aliphatic rings. The molecule has 0 saturated carbocycles. The Kier molecular flexibility index (Phi) is 5.85. The second kappa shape index (κ2) is 8.68. The van der Waals surface area contributed by atoms with Gasteiger partial charge in [0.2, 0.25) is 0 Å². The Morgan fingerprint density at radius 1 is 1.29 bits per heavy atom. The average Bonchev–Trinajstić information content (AvgIpc) is 3.41. The van der Waals surface area contributed by atoms with Gasteiger partial charge in [-0.05, 0) is 42.3 Å². The number of ether oxygens (including phenoxy) is 1. The molecule has 1 fully saturated rings. The molecule has 0 aliphatic carbocycles. The minimum atomic E-state index is -0.230. The van der Waals surface area contributed by atoms with Gasteiger partial charge in [0.15, 0.2) is 5.76 Å². The number of thiophene rings is 1. The molecule has 146 valence electrons. The van der Waals surface area contributed by atoms with Crippen LogP contribution >= 0.6 is 11.3 Å². The van der Waals surface area contributed by atoms with Crippen molar-refractivity contribution in [2.75, 3.05) is 31.6 Å². The Morgan fingerprint density at radius 2 is 2.07 bits per heavy atom. The minimum absolute atomic E-state index is 0.0374. The maximum absolute atomic E-state index is 12.6. The van der Waals surface area contributed by atoms with Crippen molar-refractivity contribution in [1.82, 2.24) is 9.88 Å². The zero-order valence-corrected chi connectivity index (χ0v) is 16.6. The van der Waals surface area contributed by atoms with Crippen molar-refractivity contribution in [3.05, 3.63) is 70.8 Å². The quantitative estimate of drug-likeness (QED) is 0.682. The molecule has 7 heteroatoms. The highest BCUT2D eigenvalue weighted by Crippen LogP contribution is 2.39. The number of furan rings is 1. The summed E-state index contributed by atoms with van der Waals surface area (Å²) in [6, 6.07) is 9.72. The molecule has 28 heavy (non-hydrogen) atoms. The van der Waals surface area contributed by atoms with E-state index in [1.54, 1.807) is 23.5 Å². The predicted octanol–water partition coefficient (Wildman–Crippen LogP) is 3.97. The van der Waals surface area contributed by atoms with Crippen molar-refractivity contribution in [3.8, 4) is 0 Å². The normalized spacial score (nSPS) is 16.0. The largest absolute Gasteiger partial charge is 0.459 e. The average molecular weight is 398 g/mol. The van der Waals surface area contributed by atoms with Crippen LogP contribution in [0, 0.1) is 0 Å². The Balaban J connectivity index is 1.72. The van der Waals surface area contributed by atoms with Gasteiger partial charge in [-0.2, -0.15) is 0 Å². The number of rotatable bonds is 6. The Hall–Kier alpha value is -2.48. The molecule has 0 radical (unpaired) electrons. The number of aromatic nitrogens is 1. The number of amides is 1. The molecular formula is C21H23N3O3S. The van der Waals surface area contributed by atoms with Crippen LogP contribution in [0.5, 0.6) is 0 Å². The molecule has 4 rings (SSSR count). The lowest BCUT2D eigenvalue weighted by Gasteiger charge is -2.35. The van der Waals surface area contributed by atoms with E-state index in [4.69, 9.17) is 9.15 Å². The summed E-state index contributed by atoms with van der Waals surface area (Å²) in [6.07, 6.45) is 6.06. The van der Waals surface area contributed by atoms with Crippen molar-refractivity contribution in [3.63, 3.8) is 0 Å². The number of nitrogens with one attached hydrogen (secondary N) is 1. The standard InChI is InChI=1S/C21H23N3O3S/c1-2-16-14-17(21(28-16)23-20(25)18-4-3-11-27-18)19(15-5-7-22-8-6-15)24-9-12-26-13-10-24/h3-8,11,14,19H,2,9-10,12-13H2,1H3,(H,23,25)/t19-/m1/s1. The van der Waals surface area contributed by atoms with Crippen LogP contribution in [-0.2, 0) is 11.2 Å². The third-order valence-electron chi connectivity index (χ3n) is 4.86. The highest BCUT2D eigenvalue weighted by Gasteiger charge is 2.28. The lowest BCUT2D eigenvalue weighted by Crippen LogP contribution is -2.39. The molecule has 1 atom stereocenters. The number of nitrogens with zero attached hydrogens (tertiary/aromatic N) is 2. The Morgan fingerprint density at radius 3 is 2.75 bits per heavy atom. The fourth-order valence-electron chi connectivity index (χ4n) is 3.47. The van der Waals surface area contributed by atoms with Crippen LogP contribution in [0.4, 0.5) is 5.00 Å². The van der Waals surface area contributed by atoms with E-state index in [0.717, 1.165) is 35.6 Å². The van der Waals surface area contributed by atoms with E-state index in [1.165, 1.54) is 11.1 Å². The second-order valence-electron chi connectivity index (χ2n) is 6.61. The van der Waals surface area contributed by atoms with E-state index in [1.807, 2.05) is 24.5 Å². The van der Waals surface area contributed by atoms with Gasteiger partial charge in [-0.3, -0.25) is 14.7 Å². The first-order valence-corrected chi connectivity index (χ1v) is 10.3. The van der Waals surface area contributed by atoms with Gasteiger partial charge < -0.3 is 14.5 Å². The van der Waals surface area contributed by atoms with Crippen LogP contribution in [0.3, 0.4) is 0 Å². The van der Waals surface area contributed by atoms with Gasteiger partial charge in [-0.25, -0.2) is 0 Å². The van der Waals surface area contributed by atoms with Crippen molar-refractivity contribution < 1.29 is 13.9 Å².